The SMILES string of the molecule is Cc1cc(C(=O)N(C)Cc2ccsc2)ccc1NN. The Hall–Kier alpha value is -1.85. The molecular weight excluding hydrogens is 258 g/mol. The summed E-state index contributed by atoms with van der Waals surface area (Å²) in [5.41, 5.74) is 6.22. The molecule has 0 spiro atoms. The van der Waals surface area contributed by atoms with Crippen molar-refractivity contribution >= 4 is 22.9 Å². The molecule has 0 unspecified atom stereocenters. The lowest BCUT2D eigenvalue weighted by Crippen LogP contribution is -2.26. The summed E-state index contributed by atoms with van der Waals surface area (Å²) >= 11 is 1.64. The van der Waals surface area contributed by atoms with Gasteiger partial charge in [-0.05, 0) is 53.1 Å². The molecule has 1 heterocycles. The van der Waals surface area contributed by atoms with Crippen LogP contribution >= 0.6 is 11.3 Å². The molecule has 0 fully saturated rings. The number of nitrogens with one attached hydrogen (secondary N) is 1. The highest BCUT2D eigenvalue weighted by atomic mass is 32.1. The maximum Gasteiger partial charge on any atom is 0.253 e. The van der Waals surface area contributed by atoms with Crippen molar-refractivity contribution in [3.8, 4) is 0 Å². The van der Waals surface area contributed by atoms with Crippen LogP contribution in [0.2, 0.25) is 0 Å². The first kappa shape index (κ1) is 13.6. The number of hydrogen-bond acceptors (Lipinski definition) is 4. The number of hydrogen-bond donors (Lipinski definition) is 2. The number of rotatable bonds is 4. The number of nitrogens with two attached hydrogens (primary N) is 1. The molecule has 3 N–H and O–H groups in total. The first-order valence-electron chi connectivity index (χ1n) is 5.95. The van der Waals surface area contributed by atoms with Gasteiger partial charge in [0, 0.05) is 19.2 Å². The van der Waals surface area contributed by atoms with Gasteiger partial charge in [-0.3, -0.25) is 10.6 Å². The predicted octanol–water partition coefficient (Wildman–Crippen LogP) is 2.61. The molecule has 4 nitrogen and oxygen atoms in total. The molecule has 0 aliphatic rings. The summed E-state index contributed by atoms with van der Waals surface area (Å²) in [5.74, 6) is 5.39. The van der Waals surface area contributed by atoms with Gasteiger partial charge in [0.2, 0.25) is 0 Å². The van der Waals surface area contributed by atoms with Crippen LogP contribution in [0, 0.1) is 6.92 Å². The second-order valence-corrected chi connectivity index (χ2v) is 5.25. The van der Waals surface area contributed by atoms with Crippen LogP contribution in [0.1, 0.15) is 21.5 Å². The minimum Gasteiger partial charge on any atom is -0.337 e. The van der Waals surface area contributed by atoms with Gasteiger partial charge in [0.05, 0.1) is 5.69 Å². The normalized spacial score (nSPS) is 10.3. The van der Waals surface area contributed by atoms with Gasteiger partial charge < -0.3 is 10.3 Å². The minimum atomic E-state index is 0.0119. The Morgan fingerprint density at radius 2 is 2.21 bits per heavy atom. The van der Waals surface area contributed by atoms with Gasteiger partial charge in [-0.1, -0.05) is 0 Å². The van der Waals surface area contributed by atoms with E-state index in [4.69, 9.17) is 5.84 Å². The number of amides is 1. The maximum atomic E-state index is 12.3. The van der Waals surface area contributed by atoms with Crippen molar-refractivity contribution in [3.05, 3.63) is 51.7 Å². The highest BCUT2D eigenvalue weighted by Gasteiger charge is 2.13. The van der Waals surface area contributed by atoms with Crippen molar-refractivity contribution in [1.82, 2.24) is 4.90 Å². The quantitative estimate of drug-likeness (QED) is 0.666. The molecule has 2 aromatic rings. The molecule has 2 rings (SSSR count). The summed E-state index contributed by atoms with van der Waals surface area (Å²) in [5, 5.41) is 4.07. The molecule has 0 saturated heterocycles. The van der Waals surface area contributed by atoms with E-state index in [1.807, 2.05) is 37.6 Å². The first-order chi connectivity index (χ1) is 9.11. The van der Waals surface area contributed by atoms with Crippen LogP contribution < -0.4 is 11.3 Å². The van der Waals surface area contributed by atoms with E-state index in [0.29, 0.717) is 12.1 Å². The molecule has 0 radical (unpaired) electrons. The van der Waals surface area contributed by atoms with E-state index in [2.05, 4.69) is 10.8 Å². The van der Waals surface area contributed by atoms with E-state index in [0.717, 1.165) is 16.8 Å². The summed E-state index contributed by atoms with van der Waals surface area (Å²) in [6.45, 7) is 2.54. The highest BCUT2D eigenvalue weighted by Crippen LogP contribution is 2.17. The van der Waals surface area contributed by atoms with Gasteiger partial charge in [-0.2, -0.15) is 11.3 Å². The van der Waals surface area contributed by atoms with Crippen molar-refractivity contribution in [2.75, 3.05) is 12.5 Å². The highest BCUT2D eigenvalue weighted by molar-refractivity contribution is 7.07. The Balaban J connectivity index is 2.12. The molecule has 0 bridgehead atoms. The lowest BCUT2D eigenvalue weighted by molar-refractivity contribution is 0.0785. The van der Waals surface area contributed by atoms with Crippen molar-refractivity contribution < 1.29 is 4.79 Å². The predicted molar refractivity (Wildman–Crippen MR) is 79.1 cm³/mol. The van der Waals surface area contributed by atoms with Crippen molar-refractivity contribution in [3.63, 3.8) is 0 Å². The molecule has 1 aromatic heterocycles. The third kappa shape index (κ3) is 3.13. The Bertz CT molecular complexity index is 566. The van der Waals surface area contributed by atoms with E-state index in [9.17, 15) is 4.79 Å². The van der Waals surface area contributed by atoms with E-state index in [1.54, 1.807) is 22.3 Å². The second kappa shape index (κ2) is 5.86. The molecule has 0 atom stereocenters. The van der Waals surface area contributed by atoms with Gasteiger partial charge in [0.15, 0.2) is 0 Å². The fraction of sp³-hybridized carbons (Fsp3) is 0.214. The third-order valence-corrected chi connectivity index (χ3v) is 3.71. The number of nitrogen functional groups attached to an aromatic ring is 1. The molecule has 5 heteroatoms. The molecule has 1 amide bonds. The molecular formula is C14H17N3OS. The van der Waals surface area contributed by atoms with Crippen LogP contribution in [-0.2, 0) is 6.54 Å². The second-order valence-electron chi connectivity index (χ2n) is 4.47. The Labute approximate surface area is 116 Å². The Morgan fingerprint density at radius 3 is 2.79 bits per heavy atom. The van der Waals surface area contributed by atoms with Crippen molar-refractivity contribution in [1.29, 1.82) is 0 Å². The first-order valence-corrected chi connectivity index (χ1v) is 6.90. The number of carbonyl (C=O) groups is 1. The van der Waals surface area contributed by atoms with Crippen molar-refractivity contribution in [2.24, 2.45) is 5.84 Å². The van der Waals surface area contributed by atoms with Crippen LogP contribution in [-0.4, -0.2) is 17.9 Å². The van der Waals surface area contributed by atoms with E-state index < -0.39 is 0 Å². The van der Waals surface area contributed by atoms with Gasteiger partial charge in [0.1, 0.15) is 0 Å². The zero-order valence-corrected chi connectivity index (χ0v) is 11.8. The van der Waals surface area contributed by atoms with Gasteiger partial charge in [-0.25, -0.2) is 0 Å². The Morgan fingerprint density at radius 1 is 1.42 bits per heavy atom. The molecule has 0 saturated carbocycles. The summed E-state index contributed by atoms with van der Waals surface area (Å²) in [6.07, 6.45) is 0. The number of benzene rings is 1. The summed E-state index contributed by atoms with van der Waals surface area (Å²) in [7, 11) is 1.81. The smallest absolute Gasteiger partial charge is 0.253 e. The molecule has 100 valence electrons. The van der Waals surface area contributed by atoms with Gasteiger partial charge in [-0.15, -0.1) is 0 Å². The monoisotopic (exact) mass is 275 g/mol. The standard InChI is InChI=1S/C14H17N3OS/c1-10-7-12(3-4-13(10)16-15)14(18)17(2)8-11-5-6-19-9-11/h3-7,9,16H,8,15H2,1-2H3. The van der Waals surface area contributed by atoms with Crippen LogP contribution in [0.25, 0.3) is 0 Å². The summed E-state index contributed by atoms with van der Waals surface area (Å²) in [4.78, 5) is 14.0. The molecule has 19 heavy (non-hydrogen) atoms. The number of nitrogens with zero attached hydrogens (tertiary/aromatic N) is 1. The number of carbonyl (C=O) groups excluding carboxylic acids is 1. The van der Waals surface area contributed by atoms with E-state index in [-0.39, 0.29) is 5.91 Å². The number of aryl methyl sites for hydroxylation is 1. The number of thiophene rings is 1. The van der Waals surface area contributed by atoms with E-state index >= 15 is 0 Å². The maximum absolute atomic E-state index is 12.3. The lowest BCUT2D eigenvalue weighted by Gasteiger charge is -2.17. The third-order valence-electron chi connectivity index (χ3n) is 2.98. The zero-order chi connectivity index (χ0) is 13.8. The van der Waals surface area contributed by atoms with Crippen molar-refractivity contribution in [2.45, 2.75) is 13.5 Å². The largest absolute Gasteiger partial charge is 0.337 e. The fourth-order valence-electron chi connectivity index (χ4n) is 1.91. The van der Waals surface area contributed by atoms with Crippen LogP contribution in [0.4, 0.5) is 5.69 Å². The molecule has 1 aromatic carbocycles. The van der Waals surface area contributed by atoms with E-state index in [1.165, 1.54) is 0 Å². The average molecular weight is 275 g/mol. The summed E-state index contributed by atoms with van der Waals surface area (Å²) in [6, 6.07) is 7.48. The van der Waals surface area contributed by atoms with Crippen LogP contribution in [0.3, 0.4) is 0 Å². The summed E-state index contributed by atoms with van der Waals surface area (Å²) < 4.78 is 0. The topological polar surface area (TPSA) is 58.4 Å². The van der Waals surface area contributed by atoms with Gasteiger partial charge in [0.25, 0.3) is 5.91 Å². The fourth-order valence-corrected chi connectivity index (χ4v) is 2.57. The van der Waals surface area contributed by atoms with Crippen LogP contribution in [0.5, 0.6) is 0 Å². The molecule has 0 aliphatic carbocycles. The average Bonchev–Trinajstić information content (AvgIpc) is 2.90. The zero-order valence-electron chi connectivity index (χ0n) is 11.0. The van der Waals surface area contributed by atoms with Gasteiger partial charge >= 0.3 is 0 Å². The minimum absolute atomic E-state index is 0.0119. The Kier molecular flexibility index (Phi) is 4.19. The lowest BCUT2D eigenvalue weighted by atomic mass is 10.1. The number of hydrazine groups is 1. The number of anilines is 1. The molecule has 0 aliphatic heterocycles. The van der Waals surface area contributed by atoms with Crippen LogP contribution in [0.15, 0.2) is 35.0 Å².